The van der Waals surface area contributed by atoms with E-state index < -0.39 is 0 Å². The minimum Gasteiger partial charge on any atom is -0.334 e. The molecule has 2 amide bonds. The molecule has 0 saturated heterocycles. The summed E-state index contributed by atoms with van der Waals surface area (Å²) in [6.07, 6.45) is 5.92. The van der Waals surface area contributed by atoms with Crippen LogP contribution in [0.4, 0.5) is 10.5 Å². The lowest BCUT2D eigenvalue weighted by Gasteiger charge is -2.23. The molecule has 1 fully saturated rings. The lowest BCUT2D eigenvalue weighted by molar-refractivity contribution is 0.234. The van der Waals surface area contributed by atoms with Gasteiger partial charge < -0.3 is 5.32 Å². The Labute approximate surface area is 108 Å². The van der Waals surface area contributed by atoms with E-state index in [9.17, 15) is 4.79 Å². The first-order chi connectivity index (χ1) is 8.74. The zero-order chi connectivity index (χ0) is 12.8. The largest absolute Gasteiger partial charge is 0.334 e. The maximum atomic E-state index is 11.7. The second-order valence-corrected chi connectivity index (χ2v) is 4.93. The van der Waals surface area contributed by atoms with Gasteiger partial charge in [0, 0.05) is 6.04 Å². The molecule has 3 N–H and O–H groups in total. The first kappa shape index (κ1) is 12.7. The minimum absolute atomic E-state index is 0.150. The van der Waals surface area contributed by atoms with E-state index in [1.54, 1.807) is 0 Å². The van der Waals surface area contributed by atoms with Crippen molar-refractivity contribution in [3.05, 3.63) is 29.8 Å². The van der Waals surface area contributed by atoms with Crippen LogP contribution in [0.15, 0.2) is 24.3 Å². The number of amides is 2. The molecule has 1 aromatic carbocycles. The van der Waals surface area contributed by atoms with Gasteiger partial charge in [0.15, 0.2) is 0 Å². The van der Waals surface area contributed by atoms with E-state index in [0.29, 0.717) is 6.04 Å². The number of carbonyl (C=O) groups is 1. The second-order valence-electron chi connectivity index (χ2n) is 4.93. The number of urea groups is 1. The molecule has 0 atom stereocenters. The number of hydrogen-bond acceptors (Lipinski definition) is 2. The summed E-state index contributed by atoms with van der Waals surface area (Å²) in [5.74, 6) is 0. The fourth-order valence-corrected chi connectivity index (χ4v) is 2.32. The van der Waals surface area contributed by atoms with Crippen molar-refractivity contribution >= 4 is 11.7 Å². The summed E-state index contributed by atoms with van der Waals surface area (Å²) < 4.78 is 0. The van der Waals surface area contributed by atoms with Crippen molar-refractivity contribution in [3.63, 3.8) is 0 Å². The molecular weight excluding hydrogens is 226 g/mol. The maximum Gasteiger partial charge on any atom is 0.333 e. The summed E-state index contributed by atoms with van der Waals surface area (Å²) in [4.78, 5) is 11.7. The highest BCUT2D eigenvalue weighted by Crippen LogP contribution is 2.17. The Hall–Kier alpha value is -1.71. The van der Waals surface area contributed by atoms with Crippen LogP contribution in [0, 0.1) is 6.92 Å². The normalized spacial score (nSPS) is 16.1. The smallest absolute Gasteiger partial charge is 0.333 e. The number of hydrazine groups is 1. The van der Waals surface area contributed by atoms with Crippen molar-refractivity contribution in [3.8, 4) is 0 Å². The highest BCUT2D eigenvalue weighted by atomic mass is 16.2. The molecule has 0 spiro atoms. The first-order valence-electron chi connectivity index (χ1n) is 6.63. The fraction of sp³-hybridized carbons (Fsp3) is 0.500. The molecule has 0 aromatic heterocycles. The van der Waals surface area contributed by atoms with E-state index in [-0.39, 0.29) is 6.03 Å². The standard InChI is InChI=1S/C14H21N3O/c1-11-6-5-9-13(10-11)16-17-14(18)15-12-7-3-2-4-8-12/h5-6,9-10,12,16H,2-4,7-8H2,1H3,(H2,15,17,18). The maximum absolute atomic E-state index is 11.7. The number of aryl methyl sites for hydroxylation is 1. The average molecular weight is 247 g/mol. The predicted octanol–water partition coefficient (Wildman–Crippen LogP) is 2.95. The van der Waals surface area contributed by atoms with Crippen LogP contribution < -0.4 is 16.2 Å². The summed E-state index contributed by atoms with van der Waals surface area (Å²) in [6.45, 7) is 2.02. The molecular formula is C14H21N3O. The summed E-state index contributed by atoms with van der Waals surface area (Å²) >= 11 is 0. The van der Waals surface area contributed by atoms with Gasteiger partial charge in [-0.25, -0.2) is 4.79 Å². The lowest BCUT2D eigenvalue weighted by atomic mass is 9.96. The molecule has 2 rings (SSSR count). The lowest BCUT2D eigenvalue weighted by Crippen LogP contribution is -2.44. The molecule has 0 heterocycles. The predicted molar refractivity (Wildman–Crippen MR) is 73.3 cm³/mol. The SMILES string of the molecule is Cc1cccc(NNC(=O)NC2CCCCC2)c1. The summed E-state index contributed by atoms with van der Waals surface area (Å²) in [6, 6.07) is 8.07. The second kappa shape index (κ2) is 6.28. The topological polar surface area (TPSA) is 53.2 Å². The van der Waals surface area contributed by atoms with E-state index in [4.69, 9.17) is 0 Å². The summed E-state index contributed by atoms with van der Waals surface area (Å²) in [7, 11) is 0. The Morgan fingerprint density at radius 3 is 2.72 bits per heavy atom. The zero-order valence-corrected chi connectivity index (χ0v) is 10.8. The molecule has 98 valence electrons. The Bertz CT molecular complexity index is 400. The van der Waals surface area contributed by atoms with Crippen LogP contribution in [0.1, 0.15) is 37.7 Å². The number of anilines is 1. The third-order valence-electron chi connectivity index (χ3n) is 3.28. The summed E-state index contributed by atoms with van der Waals surface area (Å²) in [5, 5.41) is 2.99. The quantitative estimate of drug-likeness (QED) is 0.719. The van der Waals surface area contributed by atoms with Gasteiger partial charge in [-0.3, -0.25) is 10.9 Å². The van der Waals surface area contributed by atoms with Crippen LogP contribution in [0.5, 0.6) is 0 Å². The fourth-order valence-electron chi connectivity index (χ4n) is 2.32. The zero-order valence-electron chi connectivity index (χ0n) is 10.8. The van der Waals surface area contributed by atoms with Crippen LogP contribution in [0.2, 0.25) is 0 Å². The van der Waals surface area contributed by atoms with Crippen LogP contribution in [0.3, 0.4) is 0 Å². The van der Waals surface area contributed by atoms with Gasteiger partial charge >= 0.3 is 6.03 Å². The van der Waals surface area contributed by atoms with Crippen molar-refractivity contribution in [2.75, 3.05) is 5.43 Å². The minimum atomic E-state index is -0.150. The van der Waals surface area contributed by atoms with Crippen molar-refractivity contribution < 1.29 is 4.79 Å². The van der Waals surface area contributed by atoms with Gasteiger partial charge in [0.25, 0.3) is 0 Å². The number of carbonyl (C=O) groups excluding carboxylic acids is 1. The van der Waals surface area contributed by atoms with E-state index in [1.165, 1.54) is 19.3 Å². The number of rotatable bonds is 3. The Morgan fingerprint density at radius 1 is 1.22 bits per heavy atom. The van der Waals surface area contributed by atoms with Gasteiger partial charge in [-0.2, -0.15) is 0 Å². The number of hydrogen-bond donors (Lipinski definition) is 3. The van der Waals surface area contributed by atoms with Gasteiger partial charge in [-0.1, -0.05) is 31.4 Å². The van der Waals surface area contributed by atoms with Gasteiger partial charge in [0.2, 0.25) is 0 Å². The third kappa shape index (κ3) is 3.95. The van der Waals surface area contributed by atoms with Gasteiger partial charge in [-0.05, 0) is 37.5 Å². The molecule has 0 radical (unpaired) electrons. The molecule has 0 unspecified atom stereocenters. The molecule has 0 bridgehead atoms. The van der Waals surface area contributed by atoms with Crippen LogP contribution in [0.25, 0.3) is 0 Å². The monoisotopic (exact) mass is 247 g/mol. The van der Waals surface area contributed by atoms with Gasteiger partial charge in [0.1, 0.15) is 0 Å². The number of benzene rings is 1. The van der Waals surface area contributed by atoms with Gasteiger partial charge in [-0.15, -0.1) is 0 Å². The molecule has 1 aliphatic rings. The Morgan fingerprint density at radius 2 is 2.00 bits per heavy atom. The van der Waals surface area contributed by atoms with Crippen molar-refractivity contribution in [1.82, 2.24) is 10.7 Å². The molecule has 18 heavy (non-hydrogen) atoms. The van der Waals surface area contributed by atoms with Crippen molar-refractivity contribution in [1.29, 1.82) is 0 Å². The van der Waals surface area contributed by atoms with E-state index >= 15 is 0 Å². The molecule has 0 aliphatic heterocycles. The number of nitrogens with one attached hydrogen (secondary N) is 3. The van der Waals surface area contributed by atoms with Crippen LogP contribution >= 0.6 is 0 Å². The summed E-state index contributed by atoms with van der Waals surface area (Å²) in [5.41, 5.74) is 7.64. The van der Waals surface area contributed by atoms with E-state index in [0.717, 1.165) is 24.1 Å². The Balaban J connectivity index is 1.74. The molecule has 1 aliphatic carbocycles. The highest BCUT2D eigenvalue weighted by molar-refractivity contribution is 5.75. The van der Waals surface area contributed by atoms with E-state index in [1.807, 2.05) is 31.2 Å². The van der Waals surface area contributed by atoms with Crippen molar-refractivity contribution in [2.45, 2.75) is 45.1 Å². The van der Waals surface area contributed by atoms with E-state index in [2.05, 4.69) is 16.2 Å². The first-order valence-corrected chi connectivity index (χ1v) is 6.63. The third-order valence-corrected chi connectivity index (χ3v) is 3.28. The molecule has 1 aromatic rings. The highest BCUT2D eigenvalue weighted by Gasteiger charge is 2.15. The molecule has 4 heteroatoms. The van der Waals surface area contributed by atoms with Crippen LogP contribution in [-0.4, -0.2) is 12.1 Å². The average Bonchev–Trinajstić information content (AvgIpc) is 2.38. The van der Waals surface area contributed by atoms with Crippen LogP contribution in [-0.2, 0) is 0 Å². The molecule has 1 saturated carbocycles. The van der Waals surface area contributed by atoms with Crippen molar-refractivity contribution in [2.24, 2.45) is 0 Å². The van der Waals surface area contributed by atoms with Gasteiger partial charge in [0.05, 0.1) is 5.69 Å². The Kier molecular flexibility index (Phi) is 4.45. The molecule has 4 nitrogen and oxygen atoms in total.